The van der Waals surface area contributed by atoms with Crippen molar-refractivity contribution in [1.29, 1.82) is 0 Å². The van der Waals surface area contributed by atoms with E-state index < -0.39 is 5.82 Å². The summed E-state index contributed by atoms with van der Waals surface area (Å²) in [6.45, 7) is 3.25. The molecule has 3 aromatic heterocycles. The van der Waals surface area contributed by atoms with Crippen molar-refractivity contribution in [3.8, 4) is 21.9 Å². The van der Waals surface area contributed by atoms with Crippen LogP contribution in [0.15, 0.2) is 48.9 Å². The fraction of sp³-hybridized carbons (Fsp3) is 0.273. The lowest BCUT2D eigenvalue weighted by atomic mass is 10.2. The molecular weight excluding hydrogens is 417 g/mol. The smallest absolute Gasteiger partial charge is 0.167 e. The molecule has 31 heavy (non-hydrogen) atoms. The third kappa shape index (κ3) is 5.01. The van der Waals surface area contributed by atoms with E-state index in [1.54, 1.807) is 25.4 Å². The zero-order valence-corrected chi connectivity index (χ0v) is 18.2. The minimum Gasteiger partial charge on any atom is -0.453 e. The van der Waals surface area contributed by atoms with E-state index >= 15 is 0 Å². The van der Waals surface area contributed by atoms with Gasteiger partial charge in [-0.3, -0.25) is 9.67 Å². The van der Waals surface area contributed by atoms with E-state index in [1.807, 2.05) is 23.1 Å². The van der Waals surface area contributed by atoms with E-state index in [-0.39, 0.29) is 5.75 Å². The summed E-state index contributed by atoms with van der Waals surface area (Å²) >= 11 is 1.54. The Morgan fingerprint density at radius 2 is 2.06 bits per heavy atom. The molecule has 0 atom stereocenters. The fourth-order valence-corrected chi connectivity index (χ4v) is 4.14. The minimum absolute atomic E-state index is 0.127. The van der Waals surface area contributed by atoms with Gasteiger partial charge in [-0.2, -0.15) is 5.10 Å². The van der Waals surface area contributed by atoms with Crippen molar-refractivity contribution in [2.45, 2.75) is 6.54 Å². The number of halogens is 1. The van der Waals surface area contributed by atoms with Gasteiger partial charge in [0, 0.05) is 60.9 Å². The second-order valence-electron chi connectivity index (χ2n) is 7.21. The molecule has 0 amide bonds. The number of ether oxygens (including phenoxy) is 2. The normalized spacial score (nSPS) is 11.5. The maximum atomic E-state index is 14.2. The van der Waals surface area contributed by atoms with Crippen LogP contribution in [-0.2, 0) is 11.3 Å². The number of fused-ring (bicyclic) bond motifs is 1. The molecular formula is C22H24FN5O2S. The number of methoxy groups -OCH3 is 1. The van der Waals surface area contributed by atoms with Crippen LogP contribution in [0.4, 0.5) is 10.1 Å². The Labute approximate surface area is 183 Å². The van der Waals surface area contributed by atoms with E-state index in [9.17, 15) is 4.39 Å². The monoisotopic (exact) mass is 441 g/mol. The second-order valence-corrected chi connectivity index (χ2v) is 8.27. The van der Waals surface area contributed by atoms with Gasteiger partial charge >= 0.3 is 0 Å². The Morgan fingerprint density at radius 3 is 2.87 bits per heavy atom. The Hall–Kier alpha value is -3.01. The van der Waals surface area contributed by atoms with Crippen LogP contribution < -0.4 is 10.5 Å². The Morgan fingerprint density at radius 1 is 1.19 bits per heavy atom. The molecule has 4 rings (SSSR count). The summed E-state index contributed by atoms with van der Waals surface area (Å²) in [4.78, 5) is 7.66. The summed E-state index contributed by atoms with van der Waals surface area (Å²) in [5.41, 5.74) is 7.77. The molecule has 7 nitrogen and oxygen atoms in total. The van der Waals surface area contributed by atoms with Gasteiger partial charge < -0.3 is 20.1 Å². The molecule has 0 unspecified atom stereocenters. The first kappa shape index (κ1) is 21.2. The highest BCUT2D eigenvalue weighted by Crippen LogP contribution is 2.39. The van der Waals surface area contributed by atoms with E-state index in [1.165, 1.54) is 23.5 Å². The predicted molar refractivity (Wildman–Crippen MR) is 121 cm³/mol. The van der Waals surface area contributed by atoms with Crippen LogP contribution in [0.1, 0.15) is 0 Å². The average molecular weight is 442 g/mol. The van der Waals surface area contributed by atoms with Gasteiger partial charge in [0.15, 0.2) is 11.6 Å². The SMILES string of the molecule is COCCN(C)CCn1cc(-c2cc3nccc(Oc4ccc(N)cc4F)c3s2)cn1. The molecule has 0 saturated carbocycles. The van der Waals surface area contributed by atoms with E-state index in [0.717, 1.165) is 40.3 Å². The molecule has 162 valence electrons. The second kappa shape index (κ2) is 9.42. The third-order valence-corrected chi connectivity index (χ3v) is 6.05. The Kier molecular flexibility index (Phi) is 6.45. The highest BCUT2D eigenvalue weighted by molar-refractivity contribution is 7.22. The summed E-state index contributed by atoms with van der Waals surface area (Å²) in [6.07, 6.45) is 5.53. The van der Waals surface area contributed by atoms with Gasteiger partial charge in [-0.25, -0.2) is 4.39 Å². The van der Waals surface area contributed by atoms with Crippen molar-refractivity contribution >= 4 is 27.2 Å². The molecule has 4 aromatic rings. The average Bonchev–Trinajstić information content (AvgIpc) is 3.40. The first-order valence-electron chi connectivity index (χ1n) is 9.85. The Bertz CT molecular complexity index is 1180. The third-order valence-electron chi connectivity index (χ3n) is 4.86. The summed E-state index contributed by atoms with van der Waals surface area (Å²) in [5.74, 6) is 0.178. The first-order valence-corrected chi connectivity index (χ1v) is 10.7. The van der Waals surface area contributed by atoms with Crippen LogP contribution in [0.25, 0.3) is 20.7 Å². The topological polar surface area (TPSA) is 78.4 Å². The van der Waals surface area contributed by atoms with Crippen LogP contribution in [0, 0.1) is 5.82 Å². The molecule has 1 aromatic carbocycles. The lowest BCUT2D eigenvalue weighted by Gasteiger charge is -2.15. The number of nitrogens with zero attached hydrogens (tertiary/aromatic N) is 4. The molecule has 0 aliphatic heterocycles. The zero-order valence-electron chi connectivity index (χ0n) is 17.4. The van der Waals surface area contributed by atoms with Crippen molar-refractivity contribution in [3.63, 3.8) is 0 Å². The number of nitrogen functional groups attached to an aromatic ring is 1. The Balaban J connectivity index is 1.52. The first-order chi connectivity index (χ1) is 15.0. The number of benzene rings is 1. The fourth-order valence-electron chi connectivity index (χ4n) is 3.10. The maximum Gasteiger partial charge on any atom is 0.167 e. The molecule has 0 bridgehead atoms. The van der Waals surface area contributed by atoms with Crippen molar-refractivity contribution in [2.24, 2.45) is 0 Å². The van der Waals surface area contributed by atoms with Gasteiger partial charge in [0.2, 0.25) is 0 Å². The van der Waals surface area contributed by atoms with Gasteiger partial charge in [0.05, 0.1) is 29.6 Å². The highest BCUT2D eigenvalue weighted by atomic mass is 32.1. The lowest BCUT2D eigenvalue weighted by Crippen LogP contribution is -2.26. The van der Waals surface area contributed by atoms with Gasteiger partial charge in [-0.1, -0.05) is 0 Å². The number of anilines is 1. The summed E-state index contributed by atoms with van der Waals surface area (Å²) in [7, 11) is 3.77. The van der Waals surface area contributed by atoms with Crippen LogP contribution in [-0.4, -0.2) is 53.5 Å². The van der Waals surface area contributed by atoms with Crippen LogP contribution in [0.2, 0.25) is 0 Å². The zero-order chi connectivity index (χ0) is 21.8. The number of likely N-dealkylation sites (N-methyl/N-ethyl adjacent to an activating group) is 1. The van der Waals surface area contributed by atoms with Gasteiger partial charge in [0.1, 0.15) is 5.75 Å². The number of hydrogen-bond donors (Lipinski definition) is 1. The number of thiophene rings is 1. The van der Waals surface area contributed by atoms with E-state index in [2.05, 4.69) is 22.0 Å². The molecule has 0 saturated heterocycles. The largest absolute Gasteiger partial charge is 0.453 e. The maximum absolute atomic E-state index is 14.2. The number of aromatic nitrogens is 3. The van der Waals surface area contributed by atoms with Crippen molar-refractivity contribution < 1.29 is 13.9 Å². The molecule has 0 aliphatic carbocycles. The van der Waals surface area contributed by atoms with Crippen molar-refractivity contribution in [2.75, 3.05) is 39.6 Å². The molecule has 0 fully saturated rings. The van der Waals surface area contributed by atoms with E-state index in [4.69, 9.17) is 15.2 Å². The molecule has 3 heterocycles. The van der Waals surface area contributed by atoms with Gasteiger partial charge in [0.25, 0.3) is 0 Å². The molecule has 9 heteroatoms. The number of nitrogens with two attached hydrogens (primary N) is 1. The summed E-state index contributed by atoms with van der Waals surface area (Å²) < 4.78 is 27.9. The summed E-state index contributed by atoms with van der Waals surface area (Å²) in [5, 5.41) is 4.48. The van der Waals surface area contributed by atoms with Gasteiger partial charge in [-0.15, -0.1) is 11.3 Å². The standard InChI is InChI=1S/C22H24FN5O2S/c1-27(9-10-29-2)7-8-28-14-15(13-26-28)21-12-18-22(31-21)20(5-6-25-18)30-19-4-3-16(24)11-17(19)23/h3-6,11-14H,7-10,24H2,1-2H3. The predicted octanol–water partition coefficient (Wildman–Crippen LogP) is 4.25. The summed E-state index contributed by atoms with van der Waals surface area (Å²) in [6, 6.07) is 8.11. The quantitative estimate of drug-likeness (QED) is 0.391. The number of hydrogen-bond acceptors (Lipinski definition) is 7. The van der Waals surface area contributed by atoms with Crippen LogP contribution in [0.3, 0.4) is 0 Å². The van der Waals surface area contributed by atoms with Crippen molar-refractivity contribution in [1.82, 2.24) is 19.7 Å². The number of pyridine rings is 1. The highest BCUT2D eigenvalue weighted by Gasteiger charge is 2.14. The number of rotatable bonds is 9. The molecule has 0 aliphatic rings. The van der Waals surface area contributed by atoms with E-state index in [0.29, 0.717) is 18.0 Å². The van der Waals surface area contributed by atoms with Crippen LogP contribution >= 0.6 is 11.3 Å². The minimum atomic E-state index is -0.501. The van der Waals surface area contributed by atoms with Crippen LogP contribution in [0.5, 0.6) is 11.5 Å². The lowest BCUT2D eigenvalue weighted by molar-refractivity contribution is 0.159. The molecule has 0 radical (unpaired) electrons. The molecule has 2 N–H and O–H groups in total. The van der Waals surface area contributed by atoms with Crippen molar-refractivity contribution in [3.05, 3.63) is 54.7 Å². The molecule has 0 spiro atoms. The van der Waals surface area contributed by atoms with Gasteiger partial charge in [-0.05, 0) is 25.2 Å².